The molecule has 3 nitrogen and oxygen atoms in total. The lowest BCUT2D eigenvalue weighted by molar-refractivity contribution is -0.113. The van der Waals surface area contributed by atoms with Gasteiger partial charge in [0, 0.05) is 0 Å². The van der Waals surface area contributed by atoms with Gasteiger partial charge in [0.25, 0.3) is 0 Å². The van der Waals surface area contributed by atoms with Crippen molar-refractivity contribution in [2.45, 2.75) is 12.5 Å². The second kappa shape index (κ2) is 2.79. The van der Waals surface area contributed by atoms with Crippen molar-refractivity contribution in [2.24, 2.45) is 0 Å². The zero-order chi connectivity index (χ0) is 6.62. The molecule has 0 amide bonds. The molecule has 0 aliphatic heterocycles. The zero-order valence-corrected chi connectivity index (χ0v) is 5.14. The van der Waals surface area contributed by atoms with E-state index >= 15 is 0 Å². The van der Waals surface area contributed by atoms with Crippen molar-refractivity contribution in [3.63, 3.8) is 0 Å². The maximum atomic E-state index is 10.1. The Labute approximate surface area is 48.7 Å². The van der Waals surface area contributed by atoms with Crippen LogP contribution < -0.4 is 5.32 Å². The van der Waals surface area contributed by atoms with E-state index in [4.69, 9.17) is 5.11 Å². The minimum absolute atomic E-state index is 0.160. The Hall–Kier alpha value is -0.410. The fraction of sp³-hybridized carbons (Fsp3) is 0.800. The molecule has 0 heterocycles. The first-order chi connectivity index (χ1) is 3.68. The van der Waals surface area contributed by atoms with Crippen molar-refractivity contribution < 1.29 is 9.90 Å². The Morgan fingerprint density at radius 3 is 2.38 bits per heavy atom. The summed E-state index contributed by atoms with van der Waals surface area (Å²) in [6.45, 7) is 1.47. The predicted octanol–water partition coefficient (Wildman–Crippen LogP) is -0.844. The fourth-order valence-corrected chi connectivity index (χ4v) is 0.175. The van der Waals surface area contributed by atoms with Crippen LogP contribution in [-0.2, 0) is 4.79 Å². The molecule has 0 saturated carbocycles. The molecule has 0 aromatic rings. The molecule has 0 aromatic heterocycles. The molecular weight excluding hydrogens is 106 g/mol. The van der Waals surface area contributed by atoms with Crippen molar-refractivity contribution in [3.8, 4) is 0 Å². The van der Waals surface area contributed by atoms with Gasteiger partial charge >= 0.3 is 0 Å². The number of aldehydes is 1. The van der Waals surface area contributed by atoms with Gasteiger partial charge in [-0.1, -0.05) is 0 Å². The quantitative estimate of drug-likeness (QED) is 0.474. The molecule has 0 spiro atoms. The van der Waals surface area contributed by atoms with E-state index < -0.39 is 5.54 Å². The van der Waals surface area contributed by atoms with Gasteiger partial charge in [0.1, 0.15) is 6.29 Å². The van der Waals surface area contributed by atoms with E-state index in [2.05, 4.69) is 5.32 Å². The van der Waals surface area contributed by atoms with E-state index in [0.717, 1.165) is 0 Å². The van der Waals surface area contributed by atoms with Gasteiger partial charge in [-0.2, -0.15) is 0 Å². The average molecular weight is 117 g/mol. The minimum Gasteiger partial charge on any atom is -0.394 e. The lowest BCUT2D eigenvalue weighted by Gasteiger charge is -2.17. The van der Waals surface area contributed by atoms with E-state index in [1.54, 1.807) is 14.0 Å². The van der Waals surface area contributed by atoms with Crippen molar-refractivity contribution in [1.29, 1.82) is 0 Å². The normalized spacial score (nSPS) is 17.4. The van der Waals surface area contributed by atoms with Crippen LogP contribution in [0.1, 0.15) is 6.92 Å². The zero-order valence-electron chi connectivity index (χ0n) is 5.14. The maximum Gasteiger partial charge on any atom is 0.142 e. The average Bonchev–Trinajstić information content (AvgIpc) is 1.87. The Morgan fingerprint density at radius 2 is 2.38 bits per heavy atom. The number of aliphatic hydroxyl groups is 1. The summed E-state index contributed by atoms with van der Waals surface area (Å²) in [5.41, 5.74) is -0.750. The standard InChI is InChI=1S/C5H11NO2/c1-5(3-7,4-8)6-2/h3,6,8H,4H2,1-2H3/t5-/m1/s1. The van der Waals surface area contributed by atoms with Crippen LogP contribution in [0.25, 0.3) is 0 Å². The highest BCUT2D eigenvalue weighted by atomic mass is 16.3. The van der Waals surface area contributed by atoms with E-state index in [0.29, 0.717) is 6.29 Å². The second-order valence-corrected chi connectivity index (χ2v) is 1.94. The summed E-state index contributed by atoms with van der Waals surface area (Å²) < 4.78 is 0. The molecule has 0 aliphatic rings. The number of hydrogen-bond donors (Lipinski definition) is 2. The molecule has 0 saturated heterocycles. The first-order valence-electron chi connectivity index (χ1n) is 2.44. The Bertz CT molecular complexity index is 78.5. The van der Waals surface area contributed by atoms with Crippen molar-refractivity contribution in [3.05, 3.63) is 0 Å². The topological polar surface area (TPSA) is 49.3 Å². The van der Waals surface area contributed by atoms with E-state index in [1.807, 2.05) is 0 Å². The lowest BCUT2D eigenvalue weighted by Crippen LogP contribution is -2.44. The van der Waals surface area contributed by atoms with E-state index in [9.17, 15) is 4.79 Å². The Balaban J connectivity index is 3.76. The number of nitrogens with one attached hydrogen (secondary N) is 1. The molecule has 0 radical (unpaired) electrons. The molecule has 0 rings (SSSR count). The Morgan fingerprint density at radius 1 is 1.88 bits per heavy atom. The van der Waals surface area contributed by atoms with Crippen LogP contribution in [-0.4, -0.2) is 30.6 Å². The summed E-state index contributed by atoms with van der Waals surface area (Å²) in [7, 11) is 1.63. The molecule has 0 fully saturated rings. The van der Waals surface area contributed by atoms with Crippen molar-refractivity contribution in [2.75, 3.05) is 13.7 Å². The lowest BCUT2D eigenvalue weighted by atomic mass is 10.1. The third-order valence-electron chi connectivity index (χ3n) is 1.16. The summed E-state index contributed by atoms with van der Waals surface area (Å²) in [4.78, 5) is 10.1. The van der Waals surface area contributed by atoms with Crippen molar-refractivity contribution >= 4 is 6.29 Å². The van der Waals surface area contributed by atoms with E-state index in [1.165, 1.54) is 0 Å². The van der Waals surface area contributed by atoms with Crippen LogP contribution in [0.2, 0.25) is 0 Å². The number of rotatable bonds is 3. The molecule has 0 bridgehead atoms. The van der Waals surface area contributed by atoms with Crippen LogP contribution in [0.4, 0.5) is 0 Å². The van der Waals surface area contributed by atoms with Crippen LogP contribution in [0, 0.1) is 0 Å². The van der Waals surface area contributed by atoms with Gasteiger partial charge < -0.3 is 15.2 Å². The first-order valence-corrected chi connectivity index (χ1v) is 2.44. The van der Waals surface area contributed by atoms with Gasteiger partial charge in [-0.05, 0) is 14.0 Å². The SMILES string of the molecule is CN[C@](C)(C=O)CO. The molecule has 2 N–H and O–H groups in total. The van der Waals surface area contributed by atoms with Crippen LogP contribution in [0.15, 0.2) is 0 Å². The smallest absolute Gasteiger partial charge is 0.142 e. The number of aliphatic hydroxyl groups excluding tert-OH is 1. The predicted molar refractivity (Wildman–Crippen MR) is 30.6 cm³/mol. The molecule has 0 unspecified atom stereocenters. The highest BCUT2D eigenvalue weighted by molar-refractivity contribution is 5.63. The van der Waals surface area contributed by atoms with Crippen molar-refractivity contribution in [1.82, 2.24) is 5.32 Å². The molecular formula is C5H11NO2. The molecule has 1 atom stereocenters. The van der Waals surface area contributed by atoms with Crippen LogP contribution >= 0.6 is 0 Å². The number of hydrogen-bond acceptors (Lipinski definition) is 3. The van der Waals surface area contributed by atoms with Gasteiger partial charge in [-0.15, -0.1) is 0 Å². The van der Waals surface area contributed by atoms with Gasteiger partial charge in [-0.25, -0.2) is 0 Å². The molecule has 0 aromatic carbocycles. The summed E-state index contributed by atoms with van der Waals surface area (Å²) in [5, 5.41) is 11.2. The maximum absolute atomic E-state index is 10.1. The largest absolute Gasteiger partial charge is 0.394 e. The van der Waals surface area contributed by atoms with Crippen LogP contribution in [0.3, 0.4) is 0 Å². The van der Waals surface area contributed by atoms with Gasteiger partial charge in [-0.3, -0.25) is 0 Å². The van der Waals surface area contributed by atoms with Crippen LogP contribution in [0.5, 0.6) is 0 Å². The summed E-state index contributed by atoms with van der Waals surface area (Å²) in [6, 6.07) is 0. The highest BCUT2D eigenvalue weighted by Gasteiger charge is 2.17. The summed E-state index contributed by atoms with van der Waals surface area (Å²) in [5.74, 6) is 0. The minimum atomic E-state index is -0.750. The third-order valence-corrected chi connectivity index (χ3v) is 1.16. The second-order valence-electron chi connectivity index (χ2n) is 1.94. The number of carbonyl (C=O) groups excluding carboxylic acids is 1. The highest BCUT2D eigenvalue weighted by Crippen LogP contribution is 1.93. The fourth-order valence-electron chi connectivity index (χ4n) is 0.175. The molecule has 3 heteroatoms. The molecule has 0 aliphatic carbocycles. The summed E-state index contributed by atoms with van der Waals surface area (Å²) in [6.07, 6.45) is 0.688. The third kappa shape index (κ3) is 1.60. The molecule has 8 heavy (non-hydrogen) atoms. The first kappa shape index (κ1) is 7.59. The van der Waals surface area contributed by atoms with Gasteiger partial charge in [0.05, 0.1) is 12.1 Å². The van der Waals surface area contributed by atoms with Gasteiger partial charge in [0.15, 0.2) is 0 Å². The summed E-state index contributed by atoms with van der Waals surface area (Å²) >= 11 is 0. The Kier molecular flexibility index (Phi) is 2.65. The monoisotopic (exact) mass is 117 g/mol. The van der Waals surface area contributed by atoms with Gasteiger partial charge in [0.2, 0.25) is 0 Å². The van der Waals surface area contributed by atoms with E-state index in [-0.39, 0.29) is 6.61 Å². The molecule has 48 valence electrons. The number of carbonyl (C=O) groups is 1. The number of likely N-dealkylation sites (N-methyl/N-ethyl adjacent to an activating group) is 1.